The average molecular weight is 373 g/mol. The standard InChI is InChI=1S/C21H24N2O2.ClH/c1-15(22-14-16-7-8-20-18(12-16)9-11-25-20)17-4-2-5-19(13-17)23-10-3-6-21(23)24;/h2,4-5,7-8,12-13,15,22H,3,6,9-11,14H2,1H3;1H. The van der Waals surface area contributed by atoms with Crippen LogP contribution in [-0.2, 0) is 17.8 Å². The third kappa shape index (κ3) is 3.87. The smallest absolute Gasteiger partial charge is 0.227 e. The Bertz CT molecular complexity index is 793. The van der Waals surface area contributed by atoms with Crippen LogP contribution < -0.4 is 15.0 Å². The van der Waals surface area contributed by atoms with Crippen molar-refractivity contribution in [2.45, 2.75) is 38.8 Å². The zero-order valence-electron chi connectivity index (χ0n) is 15.0. The lowest BCUT2D eigenvalue weighted by atomic mass is 10.1. The molecule has 0 spiro atoms. The van der Waals surface area contributed by atoms with Crippen molar-refractivity contribution < 1.29 is 9.53 Å². The molecule has 1 fully saturated rings. The second-order valence-corrected chi connectivity index (χ2v) is 6.89. The number of halogens is 1. The molecule has 5 heteroatoms. The van der Waals surface area contributed by atoms with E-state index in [2.05, 4.69) is 42.6 Å². The van der Waals surface area contributed by atoms with Gasteiger partial charge in [-0.15, -0.1) is 12.4 Å². The molecular weight excluding hydrogens is 348 g/mol. The number of rotatable bonds is 5. The van der Waals surface area contributed by atoms with Gasteiger partial charge in [-0.05, 0) is 48.2 Å². The maximum Gasteiger partial charge on any atom is 0.227 e. The summed E-state index contributed by atoms with van der Waals surface area (Å²) in [7, 11) is 0. The van der Waals surface area contributed by atoms with Crippen molar-refractivity contribution in [1.29, 1.82) is 0 Å². The summed E-state index contributed by atoms with van der Waals surface area (Å²) in [5.74, 6) is 1.26. The molecular formula is C21H25ClN2O2. The number of benzene rings is 2. The summed E-state index contributed by atoms with van der Waals surface area (Å²) in [5, 5.41) is 3.59. The van der Waals surface area contributed by atoms with Gasteiger partial charge in [0.1, 0.15) is 5.75 Å². The Labute approximate surface area is 160 Å². The summed E-state index contributed by atoms with van der Waals surface area (Å²) in [6.45, 7) is 4.62. The highest BCUT2D eigenvalue weighted by Gasteiger charge is 2.22. The van der Waals surface area contributed by atoms with E-state index in [1.54, 1.807) is 0 Å². The maximum absolute atomic E-state index is 12.0. The van der Waals surface area contributed by atoms with E-state index >= 15 is 0 Å². The molecule has 2 aromatic rings. The number of nitrogens with zero attached hydrogens (tertiary/aromatic N) is 1. The van der Waals surface area contributed by atoms with Crippen molar-refractivity contribution in [3.63, 3.8) is 0 Å². The summed E-state index contributed by atoms with van der Waals surface area (Å²) in [6, 6.07) is 15.0. The molecule has 1 N–H and O–H groups in total. The molecule has 4 rings (SSSR count). The lowest BCUT2D eigenvalue weighted by molar-refractivity contribution is -0.117. The molecule has 1 unspecified atom stereocenters. The fourth-order valence-electron chi connectivity index (χ4n) is 3.62. The van der Waals surface area contributed by atoms with Crippen LogP contribution in [0.4, 0.5) is 5.69 Å². The highest BCUT2D eigenvalue weighted by atomic mass is 35.5. The van der Waals surface area contributed by atoms with E-state index in [0.29, 0.717) is 6.42 Å². The normalized spacial score (nSPS) is 16.8. The summed E-state index contributed by atoms with van der Waals surface area (Å²) in [6.07, 6.45) is 2.63. The van der Waals surface area contributed by atoms with Gasteiger partial charge in [-0.25, -0.2) is 0 Å². The van der Waals surface area contributed by atoms with Gasteiger partial charge in [-0.3, -0.25) is 4.79 Å². The summed E-state index contributed by atoms with van der Waals surface area (Å²) in [5.41, 5.74) is 4.81. The molecule has 0 saturated carbocycles. The zero-order chi connectivity index (χ0) is 17.2. The lowest BCUT2D eigenvalue weighted by Crippen LogP contribution is -2.24. The molecule has 0 aromatic heterocycles. The van der Waals surface area contributed by atoms with Crippen molar-refractivity contribution in [3.05, 3.63) is 59.2 Å². The van der Waals surface area contributed by atoms with Crippen LogP contribution in [0.15, 0.2) is 42.5 Å². The Kier molecular flexibility index (Phi) is 5.84. The average Bonchev–Trinajstić information content (AvgIpc) is 3.27. The van der Waals surface area contributed by atoms with E-state index in [1.165, 1.54) is 16.7 Å². The third-order valence-electron chi connectivity index (χ3n) is 5.12. The van der Waals surface area contributed by atoms with E-state index in [-0.39, 0.29) is 24.4 Å². The van der Waals surface area contributed by atoms with Gasteiger partial charge in [0, 0.05) is 37.7 Å². The summed E-state index contributed by atoms with van der Waals surface area (Å²) < 4.78 is 5.57. The van der Waals surface area contributed by atoms with Gasteiger partial charge in [0.2, 0.25) is 5.91 Å². The molecule has 1 amide bonds. The highest BCUT2D eigenvalue weighted by molar-refractivity contribution is 5.95. The fraction of sp³-hybridized carbons (Fsp3) is 0.381. The van der Waals surface area contributed by atoms with E-state index in [0.717, 1.165) is 44.0 Å². The van der Waals surface area contributed by atoms with Gasteiger partial charge >= 0.3 is 0 Å². The number of hydrogen-bond acceptors (Lipinski definition) is 3. The molecule has 0 bridgehead atoms. The van der Waals surface area contributed by atoms with Gasteiger partial charge < -0.3 is 15.0 Å². The Morgan fingerprint density at radius 3 is 2.88 bits per heavy atom. The van der Waals surface area contributed by atoms with Gasteiger partial charge in [0.05, 0.1) is 6.61 Å². The van der Waals surface area contributed by atoms with Crippen molar-refractivity contribution in [2.24, 2.45) is 0 Å². The van der Waals surface area contributed by atoms with Crippen molar-refractivity contribution in [2.75, 3.05) is 18.1 Å². The van der Waals surface area contributed by atoms with Crippen molar-refractivity contribution in [3.8, 4) is 5.75 Å². The first kappa shape index (κ1) is 18.7. The number of fused-ring (bicyclic) bond motifs is 1. The van der Waals surface area contributed by atoms with Gasteiger partial charge in [-0.2, -0.15) is 0 Å². The van der Waals surface area contributed by atoms with Crippen LogP contribution in [0, 0.1) is 0 Å². The predicted octanol–water partition coefficient (Wildman–Crippen LogP) is 4.02. The SMILES string of the molecule is CC(NCc1ccc2c(c1)CCO2)c1cccc(N2CCCC2=O)c1.Cl. The summed E-state index contributed by atoms with van der Waals surface area (Å²) >= 11 is 0. The third-order valence-corrected chi connectivity index (χ3v) is 5.12. The first-order valence-electron chi connectivity index (χ1n) is 9.09. The predicted molar refractivity (Wildman–Crippen MR) is 106 cm³/mol. The molecule has 1 atom stereocenters. The Balaban J connectivity index is 0.00000196. The van der Waals surface area contributed by atoms with Crippen LogP contribution in [0.3, 0.4) is 0 Å². The molecule has 4 nitrogen and oxygen atoms in total. The molecule has 2 heterocycles. The minimum Gasteiger partial charge on any atom is -0.493 e. The second-order valence-electron chi connectivity index (χ2n) is 6.89. The molecule has 2 aliphatic rings. The van der Waals surface area contributed by atoms with Crippen LogP contribution in [0.5, 0.6) is 5.75 Å². The van der Waals surface area contributed by atoms with E-state index in [4.69, 9.17) is 4.74 Å². The first-order valence-corrected chi connectivity index (χ1v) is 9.09. The minimum atomic E-state index is 0. The monoisotopic (exact) mass is 372 g/mol. The van der Waals surface area contributed by atoms with Gasteiger partial charge in [0.15, 0.2) is 0 Å². The molecule has 138 valence electrons. The number of hydrogen-bond donors (Lipinski definition) is 1. The number of carbonyl (C=O) groups is 1. The largest absolute Gasteiger partial charge is 0.493 e. The Morgan fingerprint density at radius 1 is 1.19 bits per heavy atom. The van der Waals surface area contributed by atoms with E-state index in [1.807, 2.05) is 17.0 Å². The van der Waals surface area contributed by atoms with Crippen LogP contribution in [0.1, 0.15) is 42.5 Å². The Morgan fingerprint density at radius 2 is 2.08 bits per heavy atom. The molecule has 1 saturated heterocycles. The molecule has 2 aliphatic heterocycles. The Hall–Kier alpha value is -2.04. The maximum atomic E-state index is 12.0. The zero-order valence-corrected chi connectivity index (χ0v) is 15.8. The van der Waals surface area contributed by atoms with Crippen molar-refractivity contribution >= 4 is 24.0 Å². The number of nitrogens with one attached hydrogen (secondary N) is 1. The molecule has 26 heavy (non-hydrogen) atoms. The topological polar surface area (TPSA) is 41.6 Å². The van der Waals surface area contributed by atoms with Gasteiger partial charge in [-0.1, -0.05) is 24.3 Å². The second kappa shape index (κ2) is 8.11. The summed E-state index contributed by atoms with van der Waals surface area (Å²) in [4.78, 5) is 13.9. The number of carbonyl (C=O) groups excluding carboxylic acids is 1. The lowest BCUT2D eigenvalue weighted by Gasteiger charge is -2.19. The molecule has 0 radical (unpaired) electrons. The van der Waals surface area contributed by atoms with E-state index < -0.39 is 0 Å². The minimum absolute atomic E-state index is 0. The number of anilines is 1. The van der Waals surface area contributed by atoms with Gasteiger partial charge in [0.25, 0.3) is 0 Å². The van der Waals surface area contributed by atoms with Crippen LogP contribution in [0.25, 0.3) is 0 Å². The number of ether oxygens (including phenoxy) is 1. The van der Waals surface area contributed by atoms with Crippen LogP contribution >= 0.6 is 12.4 Å². The fourth-order valence-corrected chi connectivity index (χ4v) is 3.62. The van der Waals surface area contributed by atoms with Crippen molar-refractivity contribution in [1.82, 2.24) is 5.32 Å². The number of amides is 1. The van der Waals surface area contributed by atoms with Crippen LogP contribution in [0.2, 0.25) is 0 Å². The quantitative estimate of drug-likeness (QED) is 0.861. The highest BCUT2D eigenvalue weighted by Crippen LogP contribution is 2.27. The van der Waals surface area contributed by atoms with Crippen LogP contribution in [-0.4, -0.2) is 19.1 Å². The first-order chi connectivity index (χ1) is 12.2. The molecule has 2 aromatic carbocycles. The van der Waals surface area contributed by atoms with E-state index in [9.17, 15) is 4.79 Å². The molecule has 0 aliphatic carbocycles.